The van der Waals surface area contributed by atoms with E-state index in [1.54, 1.807) is 37.1 Å². The zero-order chi connectivity index (χ0) is 22.1. The molecule has 7 nitrogen and oxygen atoms in total. The maximum absolute atomic E-state index is 13.3. The van der Waals surface area contributed by atoms with E-state index >= 15 is 0 Å². The highest BCUT2D eigenvalue weighted by atomic mass is 32.2. The van der Waals surface area contributed by atoms with Crippen molar-refractivity contribution in [1.29, 1.82) is 0 Å². The summed E-state index contributed by atoms with van der Waals surface area (Å²) in [6.45, 7) is 2.81. The number of urea groups is 1. The lowest BCUT2D eigenvalue weighted by Crippen LogP contribution is -2.62. The fraction of sp³-hybridized carbons (Fsp3) is 0.696. The Hall–Kier alpha value is -1.80. The van der Waals surface area contributed by atoms with Gasteiger partial charge in [0.25, 0.3) is 0 Å². The Morgan fingerprint density at radius 3 is 2.39 bits per heavy atom. The van der Waals surface area contributed by atoms with Crippen LogP contribution < -0.4 is 9.50 Å². The molecule has 0 aromatic heterocycles. The number of benzene rings is 1. The van der Waals surface area contributed by atoms with Crippen molar-refractivity contribution in [3.8, 4) is 5.75 Å². The molecular formula is C23H34N2O5S. The largest absolute Gasteiger partial charge is 0.383 e. The Morgan fingerprint density at radius 2 is 1.81 bits per heavy atom. The van der Waals surface area contributed by atoms with Gasteiger partial charge in [-0.3, -0.25) is 0 Å². The minimum absolute atomic E-state index is 0.0582. The van der Waals surface area contributed by atoms with Crippen molar-refractivity contribution in [1.82, 2.24) is 10.2 Å². The average Bonchev–Trinajstić information content (AvgIpc) is 2.69. The highest BCUT2D eigenvalue weighted by Crippen LogP contribution is 2.55. The van der Waals surface area contributed by atoms with Crippen LogP contribution in [0.5, 0.6) is 5.75 Å². The Balaban J connectivity index is 1.46. The molecule has 0 heterocycles. The van der Waals surface area contributed by atoms with Crippen molar-refractivity contribution in [3.05, 3.63) is 29.8 Å². The van der Waals surface area contributed by atoms with Gasteiger partial charge in [0, 0.05) is 25.7 Å². The van der Waals surface area contributed by atoms with Crippen LogP contribution >= 0.6 is 0 Å². The summed E-state index contributed by atoms with van der Waals surface area (Å²) in [6, 6.07) is 6.87. The van der Waals surface area contributed by atoms with Gasteiger partial charge in [-0.2, -0.15) is 8.42 Å². The molecule has 4 aliphatic rings. The molecule has 0 unspecified atom stereocenters. The van der Waals surface area contributed by atoms with Crippen LogP contribution in [0.3, 0.4) is 0 Å². The van der Waals surface area contributed by atoms with E-state index in [0.29, 0.717) is 19.7 Å². The summed E-state index contributed by atoms with van der Waals surface area (Å²) in [6.07, 6.45) is 7.28. The minimum Gasteiger partial charge on any atom is -0.383 e. The zero-order valence-corrected chi connectivity index (χ0v) is 19.3. The first kappa shape index (κ1) is 22.4. The van der Waals surface area contributed by atoms with Crippen molar-refractivity contribution in [2.45, 2.75) is 57.5 Å². The molecule has 4 bridgehead atoms. The molecule has 0 atom stereocenters. The molecule has 0 saturated heterocycles. The predicted octanol–water partition coefficient (Wildman–Crippen LogP) is 3.54. The molecule has 8 heteroatoms. The molecule has 5 rings (SSSR count). The number of amides is 2. The van der Waals surface area contributed by atoms with E-state index in [0.717, 1.165) is 42.6 Å². The van der Waals surface area contributed by atoms with Crippen LogP contribution in [0.1, 0.15) is 51.0 Å². The van der Waals surface area contributed by atoms with Crippen molar-refractivity contribution < 1.29 is 22.1 Å². The molecule has 0 spiro atoms. The minimum atomic E-state index is -3.59. The van der Waals surface area contributed by atoms with E-state index in [1.165, 1.54) is 19.3 Å². The second-order valence-corrected chi connectivity index (χ2v) is 11.5. The predicted molar refractivity (Wildman–Crippen MR) is 118 cm³/mol. The second kappa shape index (κ2) is 8.98. The normalized spacial score (nSPS) is 29.0. The average molecular weight is 451 g/mol. The van der Waals surface area contributed by atoms with Crippen LogP contribution in [0.4, 0.5) is 4.79 Å². The van der Waals surface area contributed by atoms with Gasteiger partial charge < -0.3 is 19.1 Å². The number of carbonyl (C=O) groups is 1. The summed E-state index contributed by atoms with van der Waals surface area (Å²) in [5.74, 6) is 2.45. The van der Waals surface area contributed by atoms with Crippen molar-refractivity contribution >= 4 is 16.1 Å². The van der Waals surface area contributed by atoms with Crippen molar-refractivity contribution in [2.75, 3.05) is 26.0 Å². The molecule has 0 radical (unpaired) electrons. The monoisotopic (exact) mass is 450 g/mol. The molecule has 4 fully saturated rings. The third kappa shape index (κ3) is 5.34. The van der Waals surface area contributed by atoms with E-state index in [2.05, 4.69) is 5.32 Å². The maximum Gasteiger partial charge on any atom is 0.318 e. The van der Waals surface area contributed by atoms with Gasteiger partial charge in [-0.25, -0.2) is 4.79 Å². The third-order valence-corrected chi connectivity index (χ3v) is 8.26. The highest BCUT2D eigenvalue weighted by molar-refractivity contribution is 7.87. The zero-order valence-electron chi connectivity index (χ0n) is 18.5. The number of rotatable bonds is 9. The number of carbonyl (C=O) groups excluding carboxylic acids is 1. The first-order valence-corrected chi connectivity index (χ1v) is 12.9. The summed E-state index contributed by atoms with van der Waals surface area (Å²) in [4.78, 5) is 15.1. The molecule has 0 aliphatic heterocycles. The summed E-state index contributed by atoms with van der Waals surface area (Å²) in [7, 11) is -1.97. The molecule has 4 aliphatic carbocycles. The Morgan fingerprint density at radius 1 is 1.16 bits per heavy atom. The van der Waals surface area contributed by atoms with Gasteiger partial charge in [-0.1, -0.05) is 12.1 Å². The smallest absolute Gasteiger partial charge is 0.318 e. The van der Waals surface area contributed by atoms with Crippen LogP contribution in [0.2, 0.25) is 0 Å². The van der Waals surface area contributed by atoms with Crippen molar-refractivity contribution in [3.63, 3.8) is 0 Å². The van der Waals surface area contributed by atoms with E-state index in [4.69, 9.17) is 8.92 Å². The molecule has 172 valence electrons. The van der Waals surface area contributed by atoms with E-state index in [9.17, 15) is 13.2 Å². The van der Waals surface area contributed by atoms with Crippen LogP contribution in [0.15, 0.2) is 24.3 Å². The van der Waals surface area contributed by atoms with Gasteiger partial charge in [0.15, 0.2) is 0 Å². The van der Waals surface area contributed by atoms with Gasteiger partial charge in [-0.05, 0) is 80.9 Å². The summed E-state index contributed by atoms with van der Waals surface area (Å²) in [5, 5.41) is 3.42. The number of methoxy groups -OCH3 is 1. The molecule has 31 heavy (non-hydrogen) atoms. The fourth-order valence-corrected chi connectivity index (χ4v) is 6.66. The first-order chi connectivity index (χ1) is 14.8. The molecule has 1 aromatic rings. The number of hydrogen-bond acceptors (Lipinski definition) is 5. The Kier molecular flexibility index (Phi) is 6.49. The van der Waals surface area contributed by atoms with Crippen LogP contribution in [-0.2, 0) is 21.4 Å². The lowest BCUT2D eigenvalue weighted by Gasteiger charge is -2.57. The maximum atomic E-state index is 13.3. The summed E-state index contributed by atoms with van der Waals surface area (Å²) >= 11 is 0. The molecular weight excluding hydrogens is 416 g/mol. The topological polar surface area (TPSA) is 84.9 Å². The quantitative estimate of drug-likeness (QED) is 0.582. The number of nitrogens with one attached hydrogen (secondary N) is 1. The van der Waals surface area contributed by atoms with E-state index in [1.807, 2.05) is 6.07 Å². The fourth-order valence-electron chi connectivity index (χ4n) is 6.15. The number of ether oxygens (including phenoxy) is 1. The van der Waals surface area contributed by atoms with E-state index in [-0.39, 0.29) is 23.1 Å². The number of nitrogens with zero attached hydrogens (tertiary/aromatic N) is 1. The second-order valence-electron chi connectivity index (χ2n) is 9.62. The number of hydrogen-bond donors (Lipinski definition) is 1. The SMILES string of the molecule is CCS(=O)(=O)Oc1cccc(CN(CCOC)C(=O)NC23CC4CC(CC(C4)C2)C3)c1. The molecule has 1 aromatic carbocycles. The Labute approximate surface area is 185 Å². The van der Waals surface area contributed by atoms with Crippen LogP contribution in [0.25, 0.3) is 0 Å². The van der Waals surface area contributed by atoms with Crippen LogP contribution in [-0.4, -0.2) is 50.9 Å². The third-order valence-electron chi connectivity index (χ3n) is 7.11. The van der Waals surface area contributed by atoms with Gasteiger partial charge in [-0.15, -0.1) is 0 Å². The van der Waals surface area contributed by atoms with Gasteiger partial charge in [0.2, 0.25) is 0 Å². The lowest BCUT2D eigenvalue weighted by molar-refractivity contribution is -0.0161. The van der Waals surface area contributed by atoms with Gasteiger partial charge in [0.05, 0.1) is 12.4 Å². The standard InChI is InChI=1S/C23H34N2O5S/c1-3-31(27,28)30-21-6-4-5-17(12-21)16-25(7-8-29-2)22(26)24-23-13-18-9-19(14-23)11-20(10-18)15-23/h4-6,12,18-20H,3,7-11,13-16H2,1-2H3,(H,24,26). The molecule has 4 saturated carbocycles. The lowest BCUT2D eigenvalue weighted by atomic mass is 9.53. The van der Waals surface area contributed by atoms with Crippen molar-refractivity contribution in [2.24, 2.45) is 17.8 Å². The summed E-state index contributed by atoms with van der Waals surface area (Å²) in [5.41, 5.74) is 0.762. The van der Waals surface area contributed by atoms with Gasteiger partial charge in [0.1, 0.15) is 5.75 Å². The Bertz CT molecular complexity index is 866. The molecule has 1 N–H and O–H groups in total. The van der Waals surface area contributed by atoms with Crippen LogP contribution in [0, 0.1) is 17.8 Å². The highest BCUT2D eigenvalue weighted by Gasteiger charge is 2.51. The summed E-state index contributed by atoms with van der Waals surface area (Å²) < 4.78 is 33.9. The first-order valence-electron chi connectivity index (χ1n) is 11.4. The van der Waals surface area contributed by atoms with E-state index < -0.39 is 10.1 Å². The van der Waals surface area contributed by atoms with Gasteiger partial charge >= 0.3 is 16.1 Å². The molecule has 2 amide bonds.